The number of carbonyl (C=O) groups excluding carboxylic acids is 3. The minimum atomic E-state index is -4.43. The predicted octanol–water partition coefficient (Wildman–Crippen LogP) is 4.98. The molecule has 1 N–H and O–H groups in total. The van der Waals surface area contributed by atoms with E-state index in [1.807, 2.05) is 26.0 Å². The van der Waals surface area contributed by atoms with E-state index in [2.05, 4.69) is 10.1 Å². The van der Waals surface area contributed by atoms with Crippen LogP contribution in [0.4, 0.5) is 18.9 Å². The lowest BCUT2D eigenvalue weighted by Crippen LogP contribution is -2.30. The molecule has 0 aliphatic carbocycles. The number of aryl methyl sites for hydroxylation is 2. The smallest absolute Gasteiger partial charge is 0.422 e. The van der Waals surface area contributed by atoms with Gasteiger partial charge < -0.3 is 10.1 Å². The van der Waals surface area contributed by atoms with Gasteiger partial charge in [-0.05, 0) is 66.9 Å². The van der Waals surface area contributed by atoms with Crippen LogP contribution < -0.4 is 15.0 Å². The zero-order valence-electron chi connectivity index (χ0n) is 18.9. The van der Waals surface area contributed by atoms with Crippen LogP contribution in [-0.2, 0) is 6.54 Å². The molecule has 35 heavy (non-hydrogen) atoms. The summed E-state index contributed by atoms with van der Waals surface area (Å²) in [6, 6.07) is 15.7. The molecule has 1 heterocycles. The molecule has 180 valence electrons. The van der Waals surface area contributed by atoms with Crippen molar-refractivity contribution in [3.05, 3.63) is 94.0 Å². The van der Waals surface area contributed by atoms with Gasteiger partial charge in [0.1, 0.15) is 5.75 Å². The molecule has 0 saturated heterocycles. The number of hydrogen-bond acceptors (Lipinski definition) is 4. The Hall–Kier alpha value is -4.14. The first-order valence-corrected chi connectivity index (χ1v) is 10.7. The summed E-state index contributed by atoms with van der Waals surface area (Å²) >= 11 is 0. The molecule has 0 unspecified atom stereocenters. The molecule has 0 spiro atoms. The highest BCUT2D eigenvalue weighted by Crippen LogP contribution is 2.31. The van der Waals surface area contributed by atoms with Crippen molar-refractivity contribution in [3.8, 4) is 5.75 Å². The zero-order valence-corrected chi connectivity index (χ0v) is 18.9. The number of rotatable bonds is 6. The second-order valence-corrected chi connectivity index (χ2v) is 8.23. The molecular weight excluding hydrogens is 461 g/mol. The molecule has 3 aromatic carbocycles. The first kappa shape index (κ1) is 24.0. The fraction of sp³-hybridized carbons (Fsp3) is 0.192. The second kappa shape index (κ2) is 9.25. The van der Waals surface area contributed by atoms with Gasteiger partial charge in [0, 0.05) is 12.1 Å². The Morgan fingerprint density at radius 2 is 1.60 bits per heavy atom. The molecule has 0 saturated carbocycles. The lowest BCUT2D eigenvalue weighted by molar-refractivity contribution is -0.153. The van der Waals surface area contributed by atoms with Crippen LogP contribution in [0.2, 0.25) is 0 Å². The van der Waals surface area contributed by atoms with E-state index in [1.165, 1.54) is 30.3 Å². The third-order valence-electron chi connectivity index (χ3n) is 5.53. The SMILES string of the molecule is Cc1ccc(C)c(N2C(=O)c3ccc(C(=O)NCc4ccc(OCC(F)(F)F)cc4)cc3C2=O)c1. The van der Waals surface area contributed by atoms with Gasteiger partial charge in [0.2, 0.25) is 0 Å². The van der Waals surface area contributed by atoms with Gasteiger partial charge >= 0.3 is 6.18 Å². The topological polar surface area (TPSA) is 75.7 Å². The average molecular weight is 482 g/mol. The Balaban J connectivity index is 1.44. The summed E-state index contributed by atoms with van der Waals surface area (Å²) in [6.07, 6.45) is -4.43. The molecule has 4 rings (SSSR count). The molecular formula is C26H21F3N2O4. The number of benzene rings is 3. The number of fused-ring (bicyclic) bond motifs is 1. The van der Waals surface area contributed by atoms with Crippen molar-refractivity contribution >= 4 is 23.4 Å². The summed E-state index contributed by atoms with van der Waals surface area (Å²) in [4.78, 5) is 39.8. The van der Waals surface area contributed by atoms with Gasteiger partial charge in [-0.25, -0.2) is 4.90 Å². The van der Waals surface area contributed by atoms with Crippen LogP contribution in [0.3, 0.4) is 0 Å². The minimum Gasteiger partial charge on any atom is -0.484 e. The lowest BCUT2D eigenvalue weighted by Gasteiger charge is -2.17. The van der Waals surface area contributed by atoms with E-state index < -0.39 is 30.5 Å². The molecule has 1 aliphatic heterocycles. The van der Waals surface area contributed by atoms with Gasteiger partial charge in [-0.1, -0.05) is 24.3 Å². The highest BCUT2D eigenvalue weighted by Gasteiger charge is 2.37. The predicted molar refractivity (Wildman–Crippen MR) is 123 cm³/mol. The van der Waals surface area contributed by atoms with Crippen molar-refractivity contribution in [2.75, 3.05) is 11.5 Å². The Kier molecular flexibility index (Phi) is 6.34. The number of anilines is 1. The fourth-order valence-electron chi connectivity index (χ4n) is 3.71. The Morgan fingerprint density at radius 1 is 0.914 bits per heavy atom. The minimum absolute atomic E-state index is 0.0626. The second-order valence-electron chi connectivity index (χ2n) is 8.23. The van der Waals surface area contributed by atoms with Crippen molar-refractivity contribution in [2.45, 2.75) is 26.6 Å². The highest BCUT2D eigenvalue weighted by molar-refractivity contribution is 6.35. The van der Waals surface area contributed by atoms with Crippen molar-refractivity contribution < 1.29 is 32.3 Å². The summed E-state index contributed by atoms with van der Waals surface area (Å²) < 4.78 is 41.4. The fourth-order valence-corrected chi connectivity index (χ4v) is 3.71. The van der Waals surface area contributed by atoms with E-state index in [9.17, 15) is 27.6 Å². The van der Waals surface area contributed by atoms with Gasteiger partial charge in [-0.15, -0.1) is 0 Å². The normalized spacial score (nSPS) is 13.1. The molecule has 3 aromatic rings. The number of carbonyl (C=O) groups is 3. The van der Waals surface area contributed by atoms with Gasteiger partial charge in [0.05, 0.1) is 16.8 Å². The van der Waals surface area contributed by atoms with Crippen LogP contribution >= 0.6 is 0 Å². The molecule has 0 fully saturated rings. The first-order chi connectivity index (χ1) is 16.5. The van der Waals surface area contributed by atoms with E-state index >= 15 is 0 Å². The van der Waals surface area contributed by atoms with Crippen molar-refractivity contribution in [3.63, 3.8) is 0 Å². The number of imide groups is 1. The van der Waals surface area contributed by atoms with E-state index in [0.717, 1.165) is 16.0 Å². The standard InChI is InChI=1S/C26H21F3N2O4/c1-15-3-4-16(2)22(11-15)31-24(33)20-10-7-18(12-21(20)25(31)34)23(32)30-13-17-5-8-19(9-6-17)35-14-26(27,28)29/h3-12H,13-14H2,1-2H3,(H,30,32). The summed E-state index contributed by atoms with van der Waals surface area (Å²) in [5.74, 6) is -1.34. The molecule has 3 amide bonds. The maximum absolute atomic E-state index is 13.1. The lowest BCUT2D eigenvalue weighted by atomic mass is 10.1. The maximum Gasteiger partial charge on any atom is 0.422 e. The third-order valence-corrected chi connectivity index (χ3v) is 5.53. The summed E-state index contributed by atoms with van der Waals surface area (Å²) in [7, 11) is 0. The Morgan fingerprint density at radius 3 is 2.29 bits per heavy atom. The first-order valence-electron chi connectivity index (χ1n) is 10.7. The van der Waals surface area contributed by atoms with Crippen LogP contribution in [0.1, 0.15) is 47.8 Å². The molecule has 0 bridgehead atoms. The largest absolute Gasteiger partial charge is 0.484 e. The van der Waals surface area contributed by atoms with E-state index in [0.29, 0.717) is 11.3 Å². The monoisotopic (exact) mass is 482 g/mol. The average Bonchev–Trinajstić information content (AvgIpc) is 3.07. The highest BCUT2D eigenvalue weighted by atomic mass is 19.4. The zero-order chi connectivity index (χ0) is 25.3. The number of nitrogens with zero attached hydrogens (tertiary/aromatic N) is 1. The van der Waals surface area contributed by atoms with Crippen LogP contribution in [0.25, 0.3) is 0 Å². The van der Waals surface area contributed by atoms with Gasteiger partial charge in [0.25, 0.3) is 17.7 Å². The van der Waals surface area contributed by atoms with Gasteiger partial charge in [-0.2, -0.15) is 13.2 Å². The van der Waals surface area contributed by atoms with E-state index in [1.54, 1.807) is 18.2 Å². The van der Waals surface area contributed by atoms with Gasteiger partial charge in [-0.3, -0.25) is 14.4 Å². The number of nitrogens with one attached hydrogen (secondary N) is 1. The molecule has 1 aliphatic rings. The molecule has 0 radical (unpaired) electrons. The van der Waals surface area contributed by atoms with Crippen LogP contribution in [-0.4, -0.2) is 30.5 Å². The Bertz CT molecular complexity index is 1320. The molecule has 0 atom stereocenters. The number of hydrogen-bond donors (Lipinski definition) is 1. The Labute approximate surface area is 199 Å². The quantitative estimate of drug-likeness (QED) is 0.503. The van der Waals surface area contributed by atoms with Crippen LogP contribution in [0.15, 0.2) is 60.7 Å². The van der Waals surface area contributed by atoms with Gasteiger partial charge in [0.15, 0.2) is 6.61 Å². The van der Waals surface area contributed by atoms with Crippen molar-refractivity contribution in [2.24, 2.45) is 0 Å². The maximum atomic E-state index is 13.1. The summed E-state index contributed by atoms with van der Waals surface area (Å²) in [5, 5.41) is 2.70. The summed E-state index contributed by atoms with van der Waals surface area (Å²) in [6.45, 7) is 2.40. The van der Waals surface area contributed by atoms with E-state index in [-0.39, 0.29) is 29.0 Å². The summed E-state index contributed by atoms with van der Waals surface area (Å²) in [5.41, 5.74) is 3.41. The van der Waals surface area contributed by atoms with Crippen LogP contribution in [0, 0.1) is 13.8 Å². The molecule has 6 nitrogen and oxygen atoms in total. The third kappa shape index (κ3) is 5.18. The van der Waals surface area contributed by atoms with Crippen molar-refractivity contribution in [1.82, 2.24) is 5.32 Å². The molecule has 0 aromatic heterocycles. The number of ether oxygens (including phenoxy) is 1. The van der Waals surface area contributed by atoms with Crippen molar-refractivity contribution in [1.29, 1.82) is 0 Å². The van der Waals surface area contributed by atoms with E-state index in [4.69, 9.17) is 0 Å². The molecule has 9 heteroatoms. The number of amides is 3. The van der Waals surface area contributed by atoms with Crippen LogP contribution in [0.5, 0.6) is 5.75 Å². The number of alkyl halides is 3. The number of halogens is 3.